The van der Waals surface area contributed by atoms with Gasteiger partial charge in [0, 0.05) is 12.1 Å². The average molecular weight is 441 g/mol. The van der Waals surface area contributed by atoms with E-state index < -0.39 is 17.8 Å². The predicted molar refractivity (Wildman–Crippen MR) is 120 cm³/mol. The van der Waals surface area contributed by atoms with E-state index in [2.05, 4.69) is 11.9 Å². The average Bonchev–Trinajstić information content (AvgIpc) is 2.71. The quantitative estimate of drug-likeness (QED) is 0.501. The molecule has 6 nitrogen and oxygen atoms in total. The molecule has 0 atom stereocenters. The fourth-order valence-electron chi connectivity index (χ4n) is 2.94. The van der Waals surface area contributed by atoms with E-state index in [9.17, 15) is 18.8 Å². The highest BCUT2D eigenvalue weighted by molar-refractivity contribution is 6.03. The van der Waals surface area contributed by atoms with E-state index in [4.69, 9.17) is 9.47 Å². The highest BCUT2D eigenvalue weighted by Crippen LogP contribution is 2.31. The molecule has 0 saturated carbocycles. The van der Waals surface area contributed by atoms with Crippen LogP contribution in [0.15, 0.2) is 42.7 Å². The minimum Gasteiger partial charge on any atom is -0.465 e. The summed E-state index contributed by atoms with van der Waals surface area (Å²) in [5.41, 5.74) is 1.04. The normalized spacial score (nSPS) is 11.0. The highest BCUT2D eigenvalue weighted by atomic mass is 19.1. The van der Waals surface area contributed by atoms with Gasteiger partial charge in [0.05, 0.1) is 24.0 Å². The van der Waals surface area contributed by atoms with Crippen molar-refractivity contribution in [2.24, 2.45) is 5.41 Å². The molecule has 0 aromatic heterocycles. The molecule has 2 aromatic carbocycles. The number of hydrogen-bond acceptors (Lipinski definition) is 5. The van der Waals surface area contributed by atoms with E-state index in [1.807, 2.05) is 20.8 Å². The first-order chi connectivity index (χ1) is 14.8. The molecule has 2 rings (SSSR count). The Labute approximate surface area is 187 Å². The van der Waals surface area contributed by atoms with Crippen molar-refractivity contribution in [1.82, 2.24) is 5.32 Å². The van der Waals surface area contributed by atoms with Gasteiger partial charge in [0.2, 0.25) is 0 Å². The molecule has 2 aromatic rings. The number of esters is 2. The van der Waals surface area contributed by atoms with Gasteiger partial charge in [-0.2, -0.15) is 0 Å². The summed E-state index contributed by atoms with van der Waals surface area (Å²) in [6.45, 7) is 12.9. The van der Waals surface area contributed by atoms with Crippen LogP contribution in [0.2, 0.25) is 0 Å². The maximum Gasteiger partial charge on any atom is 0.343 e. The summed E-state index contributed by atoms with van der Waals surface area (Å²) in [6, 6.07) is 6.97. The molecule has 0 spiro atoms. The van der Waals surface area contributed by atoms with Gasteiger partial charge in [0.25, 0.3) is 5.91 Å². The van der Waals surface area contributed by atoms with Crippen LogP contribution in [-0.2, 0) is 9.47 Å². The number of allylic oxidation sites excluding steroid dienone is 1. The molecule has 32 heavy (non-hydrogen) atoms. The van der Waals surface area contributed by atoms with Crippen LogP contribution in [0.4, 0.5) is 4.39 Å². The first-order valence-electron chi connectivity index (χ1n) is 10.0. The zero-order valence-corrected chi connectivity index (χ0v) is 19.2. The number of benzene rings is 2. The smallest absolute Gasteiger partial charge is 0.343 e. The zero-order valence-electron chi connectivity index (χ0n) is 19.2. The maximum atomic E-state index is 14.6. The SMILES string of the molecule is C=C(C)OC(=O)c1cc(F)c(C)c(-c2ccc(C(=O)NCC(C)(C)C)cc2C(=O)OC)c1. The standard InChI is InChI=1S/C25H28FNO5/c1-14(2)32-23(29)17-11-19(15(3)21(26)12-17)18-9-8-16(10-20(18)24(30)31-7)22(28)27-13-25(4,5)6/h8-12H,1,13H2,2-7H3,(H,27,28). The number of halogens is 1. The van der Waals surface area contributed by atoms with Gasteiger partial charge < -0.3 is 14.8 Å². The number of carbonyl (C=O) groups is 3. The van der Waals surface area contributed by atoms with Crippen LogP contribution in [0.5, 0.6) is 0 Å². The number of amides is 1. The van der Waals surface area contributed by atoms with Gasteiger partial charge in [0.15, 0.2) is 0 Å². The van der Waals surface area contributed by atoms with E-state index in [0.717, 1.165) is 6.07 Å². The Balaban J connectivity index is 2.58. The Morgan fingerprint density at radius 2 is 1.69 bits per heavy atom. The molecule has 0 aliphatic rings. The van der Waals surface area contributed by atoms with Crippen molar-refractivity contribution >= 4 is 17.8 Å². The monoisotopic (exact) mass is 441 g/mol. The lowest BCUT2D eigenvalue weighted by Crippen LogP contribution is -2.32. The topological polar surface area (TPSA) is 81.7 Å². The number of nitrogens with one attached hydrogen (secondary N) is 1. The molecular formula is C25H28FNO5. The number of carbonyl (C=O) groups excluding carboxylic acids is 3. The molecular weight excluding hydrogens is 413 g/mol. The van der Waals surface area contributed by atoms with Gasteiger partial charge in [-0.3, -0.25) is 4.79 Å². The lowest BCUT2D eigenvalue weighted by Gasteiger charge is -2.19. The number of hydrogen-bond donors (Lipinski definition) is 1. The van der Waals surface area contributed by atoms with Crippen molar-refractivity contribution in [1.29, 1.82) is 0 Å². The van der Waals surface area contributed by atoms with Crippen molar-refractivity contribution in [3.05, 3.63) is 70.7 Å². The lowest BCUT2D eigenvalue weighted by atomic mass is 9.92. The third-order valence-corrected chi connectivity index (χ3v) is 4.60. The van der Waals surface area contributed by atoms with E-state index in [-0.39, 0.29) is 39.3 Å². The summed E-state index contributed by atoms with van der Waals surface area (Å²) in [6.07, 6.45) is 0. The first-order valence-corrected chi connectivity index (χ1v) is 10.0. The summed E-state index contributed by atoms with van der Waals surface area (Å²) in [4.78, 5) is 37.4. The van der Waals surface area contributed by atoms with Gasteiger partial charge in [-0.05, 0) is 60.2 Å². The molecule has 1 amide bonds. The Morgan fingerprint density at radius 3 is 2.25 bits per heavy atom. The Hall–Kier alpha value is -3.48. The number of ether oxygens (including phenoxy) is 2. The lowest BCUT2D eigenvalue weighted by molar-refractivity contribution is 0.0599. The number of rotatable bonds is 6. The fourth-order valence-corrected chi connectivity index (χ4v) is 2.94. The van der Waals surface area contributed by atoms with Gasteiger partial charge >= 0.3 is 11.9 Å². The molecule has 7 heteroatoms. The van der Waals surface area contributed by atoms with Crippen LogP contribution >= 0.6 is 0 Å². The second-order valence-corrected chi connectivity index (χ2v) is 8.72. The third-order valence-electron chi connectivity index (χ3n) is 4.60. The third kappa shape index (κ3) is 6.03. The predicted octanol–water partition coefficient (Wildman–Crippen LogP) is 5.05. The summed E-state index contributed by atoms with van der Waals surface area (Å²) >= 11 is 0. The largest absolute Gasteiger partial charge is 0.465 e. The van der Waals surface area contributed by atoms with Crippen LogP contribution < -0.4 is 5.32 Å². The summed E-state index contributed by atoms with van der Waals surface area (Å²) in [5, 5.41) is 2.82. The van der Waals surface area contributed by atoms with Crippen molar-refractivity contribution < 1.29 is 28.2 Å². The van der Waals surface area contributed by atoms with Gasteiger partial charge in [-0.1, -0.05) is 33.4 Å². The molecule has 0 aliphatic heterocycles. The zero-order chi connectivity index (χ0) is 24.2. The molecule has 0 bridgehead atoms. The molecule has 0 saturated heterocycles. The van der Waals surface area contributed by atoms with Crippen molar-refractivity contribution in [2.45, 2.75) is 34.6 Å². The fraction of sp³-hybridized carbons (Fsp3) is 0.320. The van der Waals surface area contributed by atoms with Crippen molar-refractivity contribution in [2.75, 3.05) is 13.7 Å². The van der Waals surface area contributed by atoms with E-state index in [1.54, 1.807) is 0 Å². The number of methoxy groups -OCH3 is 1. The minimum absolute atomic E-state index is 0.0334. The van der Waals surface area contributed by atoms with E-state index in [1.165, 1.54) is 45.2 Å². The molecule has 0 unspecified atom stereocenters. The van der Waals surface area contributed by atoms with E-state index >= 15 is 0 Å². The molecule has 0 radical (unpaired) electrons. The summed E-state index contributed by atoms with van der Waals surface area (Å²) < 4.78 is 24.5. The van der Waals surface area contributed by atoms with Crippen LogP contribution in [-0.4, -0.2) is 31.5 Å². The second-order valence-electron chi connectivity index (χ2n) is 8.72. The van der Waals surface area contributed by atoms with Crippen LogP contribution in [0.1, 0.15) is 64.3 Å². The summed E-state index contributed by atoms with van der Waals surface area (Å²) in [5.74, 6) is -2.29. The molecule has 0 aliphatic carbocycles. The molecule has 170 valence electrons. The second kappa shape index (κ2) is 9.77. The van der Waals surface area contributed by atoms with Gasteiger partial charge in [-0.15, -0.1) is 0 Å². The van der Waals surface area contributed by atoms with Crippen LogP contribution in [0.25, 0.3) is 11.1 Å². The Kier molecular flexibility index (Phi) is 7.56. The molecule has 0 fully saturated rings. The highest BCUT2D eigenvalue weighted by Gasteiger charge is 2.22. The summed E-state index contributed by atoms with van der Waals surface area (Å²) in [7, 11) is 1.21. The van der Waals surface area contributed by atoms with Gasteiger partial charge in [-0.25, -0.2) is 14.0 Å². The van der Waals surface area contributed by atoms with E-state index in [0.29, 0.717) is 17.7 Å². The van der Waals surface area contributed by atoms with Crippen LogP contribution in [0.3, 0.4) is 0 Å². The Bertz CT molecular complexity index is 1080. The Morgan fingerprint density at radius 1 is 1.03 bits per heavy atom. The van der Waals surface area contributed by atoms with Crippen molar-refractivity contribution in [3.63, 3.8) is 0 Å². The maximum absolute atomic E-state index is 14.6. The minimum atomic E-state index is -0.768. The molecule has 0 heterocycles. The molecule has 1 N–H and O–H groups in total. The van der Waals surface area contributed by atoms with Gasteiger partial charge in [0.1, 0.15) is 5.82 Å². The van der Waals surface area contributed by atoms with Crippen LogP contribution in [0, 0.1) is 18.2 Å². The first kappa shape index (κ1) is 24.8. The van der Waals surface area contributed by atoms with Crippen molar-refractivity contribution in [3.8, 4) is 11.1 Å².